The highest BCUT2D eigenvalue weighted by molar-refractivity contribution is 6.42. The molecule has 2 aromatic carbocycles. The van der Waals surface area contributed by atoms with Gasteiger partial charge < -0.3 is 15.0 Å². The van der Waals surface area contributed by atoms with Gasteiger partial charge >= 0.3 is 0 Å². The molecule has 0 bridgehead atoms. The van der Waals surface area contributed by atoms with Crippen molar-refractivity contribution in [3.8, 4) is 5.75 Å². The van der Waals surface area contributed by atoms with E-state index in [4.69, 9.17) is 27.9 Å². The second-order valence-electron chi connectivity index (χ2n) is 8.05. The number of benzene rings is 2. The normalized spacial score (nSPS) is 12.7. The second-order valence-corrected chi connectivity index (χ2v) is 8.86. The minimum atomic E-state index is -0.630. The van der Waals surface area contributed by atoms with E-state index in [-0.39, 0.29) is 31.0 Å². The van der Waals surface area contributed by atoms with E-state index >= 15 is 0 Å². The van der Waals surface area contributed by atoms with Crippen molar-refractivity contribution in [2.75, 3.05) is 6.61 Å². The summed E-state index contributed by atoms with van der Waals surface area (Å²) in [6.07, 6.45) is 1.28. The fourth-order valence-electron chi connectivity index (χ4n) is 3.23. The number of carbonyl (C=O) groups excluding carboxylic acids is 2. The van der Waals surface area contributed by atoms with Gasteiger partial charge in [0.1, 0.15) is 11.8 Å². The highest BCUT2D eigenvalue weighted by atomic mass is 35.5. The molecule has 0 aromatic heterocycles. The van der Waals surface area contributed by atoms with Crippen LogP contribution in [0.25, 0.3) is 0 Å². The van der Waals surface area contributed by atoms with Crippen molar-refractivity contribution in [2.24, 2.45) is 0 Å². The molecule has 1 N–H and O–H groups in total. The molecule has 5 nitrogen and oxygen atoms in total. The SMILES string of the molecule is CCC(C)NC(=O)C(CC)N(Cc1ccc(Cl)c(Cl)c1)C(=O)COc1ccc(C)c(C)c1. The summed E-state index contributed by atoms with van der Waals surface area (Å²) in [6, 6.07) is 10.3. The molecule has 0 aliphatic carbocycles. The Hall–Kier alpha value is -2.24. The van der Waals surface area contributed by atoms with E-state index in [1.807, 2.05) is 52.8 Å². The summed E-state index contributed by atoms with van der Waals surface area (Å²) in [5, 5.41) is 3.83. The van der Waals surface area contributed by atoms with Crippen LogP contribution in [0.4, 0.5) is 0 Å². The molecular weight excluding hydrogens is 447 g/mol. The minimum absolute atomic E-state index is 0.0188. The lowest BCUT2D eigenvalue weighted by atomic mass is 10.1. The molecule has 174 valence electrons. The van der Waals surface area contributed by atoms with Crippen LogP contribution in [0.3, 0.4) is 0 Å². The van der Waals surface area contributed by atoms with Crippen molar-refractivity contribution in [3.05, 3.63) is 63.1 Å². The van der Waals surface area contributed by atoms with Crippen molar-refractivity contribution >= 4 is 35.0 Å². The van der Waals surface area contributed by atoms with E-state index in [2.05, 4.69) is 5.32 Å². The van der Waals surface area contributed by atoms with Gasteiger partial charge in [0.2, 0.25) is 5.91 Å². The lowest BCUT2D eigenvalue weighted by Gasteiger charge is -2.31. The van der Waals surface area contributed by atoms with Crippen LogP contribution >= 0.6 is 23.2 Å². The summed E-state index contributed by atoms with van der Waals surface area (Å²) in [7, 11) is 0. The van der Waals surface area contributed by atoms with E-state index in [0.717, 1.165) is 23.1 Å². The van der Waals surface area contributed by atoms with Gasteiger partial charge in [-0.3, -0.25) is 9.59 Å². The summed E-state index contributed by atoms with van der Waals surface area (Å²) in [5.74, 6) is 0.162. The largest absolute Gasteiger partial charge is 0.484 e. The zero-order valence-corrected chi connectivity index (χ0v) is 20.9. The van der Waals surface area contributed by atoms with Crippen LogP contribution in [-0.2, 0) is 16.1 Å². The van der Waals surface area contributed by atoms with Crippen molar-refractivity contribution in [1.82, 2.24) is 10.2 Å². The Balaban J connectivity index is 2.25. The topological polar surface area (TPSA) is 58.6 Å². The lowest BCUT2D eigenvalue weighted by molar-refractivity contribution is -0.143. The Morgan fingerprint density at radius 1 is 1.00 bits per heavy atom. The summed E-state index contributed by atoms with van der Waals surface area (Å²) >= 11 is 12.2. The van der Waals surface area contributed by atoms with Crippen molar-refractivity contribution < 1.29 is 14.3 Å². The number of ether oxygens (including phenoxy) is 1. The van der Waals surface area contributed by atoms with Gasteiger partial charge in [-0.25, -0.2) is 0 Å². The molecule has 0 heterocycles. The highest BCUT2D eigenvalue weighted by Gasteiger charge is 2.29. The van der Waals surface area contributed by atoms with Crippen LogP contribution in [-0.4, -0.2) is 35.4 Å². The first-order chi connectivity index (χ1) is 15.2. The zero-order valence-electron chi connectivity index (χ0n) is 19.4. The van der Waals surface area contributed by atoms with Gasteiger partial charge in [0, 0.05) is 12.6 Å². The summed E-state index contributed by atoms with van der Waals surface area (Å²) in [6.45, 7) is 9.90. The molecule has 0 aliphatic heterocycles. The first-order valence-corrected chi connectivity index (χ1v) is 11.7. The number of hydrogen-bond acceptors (Lipinski definition) is 3. The van der Waals surface area contributed by atoms with E-state index in [1.54, 1.807) is 23.1 Å². The van der Waals surface area contributed by atoms with E-state index in [9.17, 15) is 9.59 Å². The van der Waals surface area contributed by atoms with E-state index in [0.29, 0.717) is 22.2 Å². The number of hydrogen-bond donors (Lipinski definition) is 1. The third kappa shape index (κ3) is 7.14. The molecule has 0 saturated heterocycles. The van der Waals surface area contributed by atoms with Gasteiger partial charge in [-0.2, -0.15) is 0 Å². The van der Waals surface area contributed by atoms with Crippen LogP contribution in [0.15, 0.2) is 36.4 Å². The minimum Gasteiger partial charge on any atom is -0.484 e. The van der Waals surface area contributed by atoms with Gasteiger partial charge in [-0.1, -0.05) is 49.2 Å². The fourth-order valence-corrected chi connectivity index (χ4v) is 3.55. The first-order valence-electron chi connectivity index (χ1n) is 10.9. The summed E-state index contributed by atoms with van der Waals surface area (Å²) in [4.78, 5) is 27.8. The lowest BCUT2D eigenvalue weighted by Crippen LogP contribution is -2.51. The maximum absolute atomic E-state index is 13.2. The van der Waals surface area contributed by atoms with Crippen molar-refractivity contribution in [2.45, 2.75) is 66.1 Å². The number of amides is 2. The second kappa shape index (κ2) is 12.1. The van der Waals surface area contributed by atoms with Gasteiger partial charge in [0.25, 0.3) is 5.91 Å². The van der Waals surface area contributed by atoms with Crippen LogP contribution in [0, 0.1) is 13.8 Å². The van der Waals surface area contributed by atoms with Crippen molar-refractivity contribution in [3.63, 3.8) is 0 Å². The molecular formula is C25H32Cl2N2O3. The Bertz CT molecular complexity index is 949. The Morgan fingerprint density at radius 3 is 2.31 bits per heavy atom. The molecule has 0 aliphatic rings. The van der Waals surface area contributed by atoms with Gasteiger partial charge in [0.15, 0.2) is 6.61 Å². The summed E-state index contributed by atoms with van der Waals surface area (Å²) in [5.41, 5.74) is 3.02. The number of halogens is 2. The Labute approximate surface area is 201 Å². The van der Waals surface area contributed by atoms with Crippen LogP contribution in [0.5, 0.6) is 5.75 Å². The molecule has 0 saturated carbocycles. The molecule has 2 unspecified atom stereocenters. The Morgan fingerprint density at radius 2 is 1.72 bits per heavy atom. The molecule has 2 aromatic rings. The Kier molecular flexibility index (Phi) is 9.85. The van der Waals surface area contributed by atoms with Gasteiger partial charge in [-0.05, 0) is 74.6 Å². The van der Waals surface area contributed by atoms with Crippen molar-refractivity contribution in [1.29, 1.82) is 0 Å². The third-order valence-electron chi connectivity index (χ3n) is 5.56. The molecule has 0 radical (unpaired) electrons. The molecule has 32 heavy (non-hydrogen) atoms. The summed E-state index contributed by atoms with van der Waals surface area (Å²) < 4.78 is 5.77. The molecule has 7 heteroatoms. The fraction of sp³-hybridized carbons (Fsp3) is 0.440. The van der Waals surface area contributed by atoms with Gasteiger partial charge in [-0.15, -0.1) is 0 Å². The standard InChI is InChI=1S/C25H32Cl2N2O3/c1-6-18(5)28-25(31)23(7-2)29(14-19-9-11-21(26)22(27)13-19)24(30)15-32-20-10-8-16(3)17(4)12-20/h8-13,18,23H,6-7,14-15H2,1-5H3,(H,28,31). The monoisotopic (exact) mass is 478 g/mol. The third-order valence-corrected chi connectivity index (χ3v) is 6.30. The highest BCUT2D eigenvalue weighted by Crippen LogP contribution is 2.24. The number of nitrogens with zero attached hydrogens (tertiary/aromatic N) is 1. The quantitative estimate of drug-likeness (QED) is 0.475. The number of carbonyl (C=O) groups is 2. The van der Waals surface area contributed by atoms with Crippen LogP contribution in [0.2, 0.25) is 10.0 Å². The van der Waals surface area contributed by atoms with E-state index < -0.39 is 6.04 Å². The maximum atomic E-state index is 13.2. The van der Waals surface area contributed by atoms with Crippen LogP contribution < -0.4 is 10.1 Å². The average Bonchev–Trinajstić information content (AvgIpc) is 2.76. The number of aryl methyl sites for hydroxylation is 2. The molecule has 0 fully saturated rings. The maximum Gasteiger partial charge on any atom is 0.261 e. The zero-order chi connectivity index (χ0) is 23.8. The molecule has 2 atom stereocenters. The number of rotatable bonds is 10. The molecule has 0 spiro atoms. The smallest absolute Gasteiger partial charge is 0.261 e. The predicted molar refractivity (Wildman–Crippen MR) is 130 cm³/mol. The van der Waals surface area contributed by atoms with Gasteiger partial charge in [0.05, 0.1) is 10.0 Å². The number of nitrogens with one attached hydrogen (secondary N) is 1. The first kappa shape index (κ1) is 26.0. The van der Waals surface area contributed by atoms with Crippen LogP contribution in [0.1, 0.15) is 50.3 Å². The van der Waals surface area contributed by atoms with E-state index in [1.165, 1.54) is 0 Å². The molecule has 2 rings (SSSR count). The molecule has 2 amide bonds. The predicted octanol–water partition coefficient (Wildman–Crippen LogP) is 5.71. The average molecular weight is 479 g/mol.